The summed E-state index contributed by atoms with van der Waals surface area (Å²) in [6.45, 7) is 3.80. The van der Waals surface area contributed by atoms with Gasteiger partial charge in [-0.3, -0.25) is 9.59 Å². The zero-order valence-corrected chi connectivity index (χ0v) is 10.6. The number of carbonyl (C=O) groups excluding carboxylic acids is 2. The molecule has 96 valence electrons. The molecular weight excluding hydrogens is 234 g/mol. The van der Waals surface area contributed by atoms with Crippen LogP contribution in [0.3, 0.4) is 0 Å². The fourth-order valence-electron chi connectivity index (χ4n) is 1.85. The molecular formula is C13H15NO4. The molecule has 0 atom stereocenters. The van der Waals surface area contributed by atoms with Gasteiger partial charge in [-0.2, -0.15) is 0 Å². The van der Waals surface area contributed by atoms with Crippen LogP contribution in [0.1, 0.15) is 18.1 Å². The number of Topliss-reactive ketones (excluding diaryl/α,β-unsaturated/α-hetero) is 1. The van der Waals surface area contributed by atoms with Crippen LogP contribution in [0, 0.1) is 6.92 Å². The average Bonchev–Trinajstić information content (AvgIpc) is 2.75. The third-order valence-electron chi connectivity index (χ3n) is 2.89. The van der Waals surface area contributed by atoms with Gasteiger partial charge in [0.2, 0.25) is 12.6 Å². The van der Waals surface area contributed by atoms with Crippen LogP contribution in [-0.4, -0.2) is 30.4 Å². The topological polar surface area (TPSA) is 55.8 Å². The Hall–Kier alpha value is -2.04. The van der Waals surface area contributed by atoms with Gasteiger partial charge in [-0.15, -0.1) is 0 Å². The average molecular weight is 249 g/mol. The van der Waals surface area contributed by atoms with Crippen molar-refractivity contribution in [3.05, 3.63) is 23.3 Å². The van der Waals surface area contributed by atoms with Crippen LogP contribution in [0.25, 0.3) is 0 Å². The number of amides is 1. The standard InChI is InChI=1S/C13H15NO4/c1-8-4-11-12(18-7-17-11)5-10(8)6-14(3)13(16)9(2)15/h4-5H,6-7H2,1-3H3. The summed E-state index contributed by atoms with van der Waals surface area (Å²) in [5.74, 6) is 0.444. The third-order valence-corrected chi connectivity index (χ3v) is 2.89. The summed E-state index contributed by atoms with van der Waals surface area (Å²) >= 11 is 0. The summed E-state index contributed by atoms with van der Waals surface area (Å²) in [6.07, 6.45) is 0. The van der Waals surface area contributed by atoms with Crippen molar-refractivity contribution < 1.29 is 19.1 Å². The van der Waals surface area contributed by atoms with Gasteiger partial charge in [-0.1, -0.05) is 0 Å². The lowest BCUT2D eigenvalue weighted by atomic mass is 10.1. The first kappa shape index (κ1) is 12.4. The second-order valence-electron chi connectivity index (χ2n) is 4.35. The van der Waals surface area contributed by atoms with Crippen molar-refractivity contribution in [1.29, 1.82) is 0 Å². The summed E-state index contributed by atoms with van der Waals surface area (Å²) in [4.78, 5) is 23.9. The maximum atomic E-state index is 11.5. The summed E-state index contributed by atoms with van der Waals surface area (Å²) < 4.78 is 10.6. The Bertz CT molecular complexity index is 510. The normalized spacial score (nSPS) is 12.4. The second-order valence-corrected chi connectivity index (χ2v) is 4.35. The minimum atomic E-state index is -0.493. The minimum absolute atomic E-state index is 0.223. The maximum absolute atomic E-state index is 11.5. The molecule has 0 spiro atoms. The van der Waals surface area contributed by atoms with Gasteiger partial charge in [0.1, 0.15) is 0 Å². The number of ketones is 1. The first-order chi connectivity index (χ1) is 8.49. The van der Waals surface area contributed by atoms with Crippen molar-refractivity contribution >= 4 is 11.7 Å². The lowest BCUT2D eigenvalue weighted by Gasteiger charge is -2.17. The molecule has 0 radical (unpaired) electrons. The lowest BCUT2D eigenvalue weighted by Crippen LogP contribution is -2.31. The van der Waals surface area contributed by atoms with E-state index in [4.69, 9.17) is 9.47 Å². The number of fused-ring (bicyclic) bond motifs is 1. The molecule has 1 aromatic carbocycles. The fourth-order valence-corrected chi connectivity index (χ4v) is 1.85. The summed E-state index contributed by atoms with van der Waals surface area (Å²) in [5.41, 5.74) is 1.94. The van der Waals surface area contributed by atoms with Gasteiger partial charge in [0.05, 0.1) is 0 Å². The van der Waals surface area contributed by atoms with Gasteiger partial charge in [0.25, 0.3) is 5.91 Å². The van der Waals surface area contributed by atoms with Crippen LogP contribution < -0.4 is 9.47 Å². The lowest BCUT2D eigenvalue weighted by molar-refractivity contribution is -0.143. The molecule has 0 fully saturated rings. The van der Waals surface area contributed by atoms with Crippen LogP contribution in [0.15, 0.2) is 12.1 Å². The Kier molecular flexibility index (Phi) is 3.23. The predicted octanol–water partition coefficient (Wildman–Crippen LogP) is 1.27. The molecule has 0 saturated heterocycles. The van der Waals surface area contributed by atoms with E-state index in [9.17, 15) is 9.59 Å². The number of nitrogens with zero attached hydrogens (tertiary/aromatic N) is 1. The molecule has 0 aliphatic carbocycles. The van der Waals surface area contributed by atoms with Crippen LogP contribution in [-0.2, 0) is 16.1 Å². The van der Waals surface area contributed by atoms with E-state index < -0.39 is 11.7 Å². The van der Waals surface area contributed by atoms with E-state index in [-0.39, 0.29) is 6.79 Å². The molecule has 1 aliphatic heterocycles. The van der Waals surface area contributed by atoms with Gasteiger partial charge in [-0.05, 0) is 30.2 Å². The van der Waals surface area contributed by atoms with Gasteiger partial charge in [0, 0.05) is 20.5 Å². The molecule has 0 N–H and O–H groups in total. The predicted molar refractivity (Wildman–Crippen MR) is 64.5 cm³/mol. The SMILES string of the molecule is CC(=O)C(=O)N(C)Cc1cc2c(cc1C)OCO2. The van der Waals surface area contributed by atoms with Gasteiger partial charge in [-0.25, -0.2) is 0 Å². The van der Waals surface area contributed by atoms with Crippen molar-refractivity contribution in [2.75, 3.05) is 13.8 Å². The molecule has 18 heavy (non-hydrogen) atoms. The number of rotatable bonds is 3. The van der Waals surface area contributed by atoms with Crippen molar-refractivity contribution in [3.8, 4) is 11.5 Å². The number of carbonyl (C=O) groups is 2. The van der Waals surface area contributed by atoms with E-state index in [1.165, 1.54) is 11.8 Å². The number of hydrogen-bond donors (Lipinski definition) is 0. The Balaban J connectivity index is 2.19. The van der Waals surface area contributed by atoms with Gasteiger partial charge >= 0.3 is 0 Å². The largest absolute Gasteiger partial charge is 0.454 e. The number of benzene rings is 1. The first-order valence-corrected chi connectivity index (χ1v) is 5.64. The molecule has 1 aromatic rings. The Morgan fingerprint density at radius 3 is 2.50 bits per heavy atom. The number of hydrogen-bond acceptors (Lipinski definition) is 4. The minimum Gasteiger partial charge on any atom is -0.454 e. The molecule has 5 heteroatoms. The monoisotopic (exact) mass is 249 g/mol. The highest BCUT2D eigenvalue weighted by Crippen LogP contribution is 2.34. The van der Waals surface area contributed by atoms with Crippen LogP contribution in [0.5, 0.6) is 11.5 Å². The van der Waals surface area contributed by atoms with E-state index >= 15 is 0 Å². The summed E-state index contributed by atoms with van der Waals surface area (Å²) in [7, 11) is 1.60. The highest BCUT2D eigenvalue weighted by Gasteiger charge is 2.19. The van der Waals surface area contributed by atoms with E-state index in [0.29, 0.717) is 12.3 Å². The molecule has 1 heterocycles. The quantitative estimate of drug-likeness (QED) is 0.757. The van der Waals surface area contributed by atoms with E-state index in [0.717, 1.165) is 16.9 Å². The molecule has 0 saturated carbocycles. The van der Waals surface area contributed by atoms with Crippen molar-refractivity contribution in [1.82, 2.24) is 4.90 Å². The van der Waals surface area contributed by atoms with Gasteiger partial charge < -0.3 is 14.4 Å². The van der Waals surface area contributed by atoms with Crippen LogP contribution >= 0.6 is 0 Å². The molecule has 0 aromatic heterocycles. The van der Waals surface area contributed by atoms with Crippen molar-refractivity contribution in [2.24, 2.45) is 0 Å². The second kappa shape index (κ2) is 4.68. The highest BCUT2D eigenvalue weighted by molar-refractivity contribution is 6.34. The number of likely N-dealkylation sites (N-methyl/N-ethyl adjacent to an activating group) is 1. The van der Waals surface area contributed by atoms with E-state index in [1.54, 1.807) is 7.05 Å². The van der Waals surface area contributed by atoms with Crippen LogP contribution in [0.4, 0.5) is 0 Å². The van der Waals surface area contributed by atoms with E-state index in [2.05, 4.69) is 0 Å². The molecule has 0 unspecified atom stereocenters. The van der Waals surface area contributed by atoms with Crippen molar-refractivity contribution in [3.63, 3.8) is 0 Å². The third kappa shape index (κ3) is 2.30. The van der Waals surface area contributed by atoms with Crippen molar-refractivity contribution in [2.45, 2.75) is 20.4 Å². The summed E-state index contributed by atoms with van der Waals surface area (Å²) in [6, 6.07) is 3.73. The zero-order valence-electron chi connectivity index (χ0n) is 10.6. The van der Waals surface area contributed by atoms with E-state index in [1.807, 2.05) is 19.1 Å². The Labute approximate surface area is 105 Å². The summed E-state index contributed by atoms with van der Waals surface area (Å²) in [5, 5.41) is 0. The maximum Gasteiger partial charge on any atom is 0.289 e. The molecule has 1 aliphatic rings. The molecule has 1 amide bonds. The zero-order chi connectivity index (χ0) is 13.3. The Morgan fingerprint density at radius 1 is 1.28 bits per heavy atom. The molecule has 5 nitrogen and oxygen atoms in total. The van der Waals surface area contributed by atoms with Crippen LogP contribution in [0.2, 0.25) is 0 Å². The fraction of sp³-hybridized carbons (Fsp3) is 0.385. The molecule has 2 rings (SSSR count). The number of ether oxygens (including phenoxy) is 2. The van der Waals surface area contributed by atoms with Gasteiger partial charge in [0.15, 0.2) is 11.5 Å². The highest BCUT2D eigenvalue weighted by atomic mass is 16.7. The first-order valence-electron chi connectivity index (χ1n) is 5.64. The Morgan fingerprint density at radius 2 is 1.89 bits per heavy atom. The number of aryl methyl sites for hydroxylation is 1. The molecule has 0 bridgehead atoms. The smallest absolute Gasteiger partial charge is 0.289 e.